The maximum atomic E-state index is 8.59. The van der Waals surface area contributed by atoms with Crippen LogP contribution in [0.5, 0.6) is 0 Å². The van der Waals surface area contributed by atoms with E-state index < -0.39 is 0 Å². The van der Waals surface area contributed by atoms with Crippen LogP contribution >= 0.6 is 0 Å². The highest BCUT2D eigenvalue weighted by Crippen LogP contribution is 2.23. The third-order valence-corrected chi connectivity index (χ3v) is 2.57. The van der Waals surface area contributed by atoms with Gasteiger partial charge >= 0.3 is 0 Å². The van der Waals surface area contributed by atoms with Gasteiger partial charge in [0.25, 0.3) is 0 Å². The molecule has 0 radical (unpaired) electrons. The molecule has 0 aliphatic heterocycles. The molecule has 0 amide bonds. The number of nitrogens with zero attached hydrogens (tertiary/aromatic N) is 3. The lowest BCUT2D eigenvalue weighted by Gasteiger charge is -2.03. The lowest BCUT2D eigenvalue weighted by atomic mass is 10.0. The van der Waals surface area contributed by atoms with Gasteiger partial charge in [-0.2, -0.15) is 10.4 Å². The summed E-state index contributed by atoms with van der Waals surface area (Å²) >= 11 is 0. The summed E-state index contributed by atoms with van der Waals surface area (Å²) in [4.78, 5) is 0. The molecule has 80 valence electrons. The van der Waals surface area contributed by atoms with E-state index in [4.69, 9.17) is 5.26 Å². The average Bonchev–Trinajstić information content (AvgIpc) is 2.71. The molecule has 1 heterocycles. The molecule has 3 nitrogen and oxygen atoms in total. The molecule has 0 N–H and O–H groups in total. The summed E-state index contributed by atoms with van der Waals surface area (Å²) in [5.41, 5.74) is 4.70. The average molecular weight is 211 g/mol. The summed E-state index contributed by atoms with van der Waals surface area (Å²) in [5.74, 6) is 0. The minimum Gasteiger partial charge on any atom is -0.258 e. The number of benzene rings is 1. The van der Waals surface area contributed by atoms with Crippen LogP contribution in [0.25, 0.3) is 11.1 Å². The molecule has 0 aliphatic rings. The molecule has 2 rings (SSSR count). The summed E-state index contributed by atoms with van der Waals surface area (Å²) in [5, 5.41) is 12.7. The van der Waals surface area contributed by atoms with E-state index in [0.717, 1.165) is 5.56 Å². The predicted molar refractivity (Wildman–Crippen MR) is 62.8 cm³/mol. The molecule has 0 saturated heterocycles. The molecule has 16 heavy (non-hydrogen) atoms. The lowest BCUT2D eigenvalue weighted by Crippen LogP contribution is -1.94. The van der Waals surface area contributed by atoms with Crippen LogP contribution in [-0.4, -0.2) is 9.78 Å². The molecule has 0 saturated carbocycles. The van der Waals surface area contributed by atoms with Crippen LogP contribution in [0.4, 0.5) is 0 Å². The summed E-state index contributed by atoms with van der Waals surface area (Å²) in [7, 11) is 0. The number of aromatic nitrogens is 2. The quantitative estimate of drug-likeness (QED) is 0.766. The number of hydrogen-bond acceptors (Lipinski definition) is 2. The maximum Gasteiger partial charge on any atom is 0.128 e. The Labute approximate surface area is 94.9 Å². The third kappa shape index (κ3) is 1.96. The van der Waals surface area contributed by atoms with E-state index in [1.807, 2.05) is 6.20 Å². The second-order valence-corrected chi connectivity index (χ2v) is 3.90. The van der Waals surface area contributed by atoms with Crippen molar-refractivity contribution in [2.45, 2.75) is 20.4 Å². The summed E-state index contributed by atoms with van der Waals surface area (Å²) < 4.78 is 1.65. The molecule has 0 fully saturated rings. The van der Waals surface area contributed by atoms with Crippen molar-refractivity contribution in [2.24, 2.45) is 0 Å². The predicted octanol–water partition coefficient (Wildman–Crippen LogP) is 2.69. The van der Waals surface area contributed by atoms with E-state index in [-0.39, 0.29) is 0 Å². The van der Waals surface area contributed by atoms with E-state index in [1.54, 1.807) is 10.9 Å². The lowest BCUT2D eigenvalue weighted by molar-refractivity contribution is 0.710. The Morgan fingerprint density at radius 2 is 2.19 bits per heavy atom. The highest BCUT2D eigenvalue weighted by atomic mass is 15.3. The van der Waals surface area contributed by atoms with Crippen LogP contribution in [0, 0.1) is 25.2 Å². The van der Waals surface area contributed by atoms with Gasteiger partial charge in [0.1, 0.15) is 6.54 Å². The summed E-state index contributed by atoms with van der Waals surface area (Å²) in [6, 6.07) is 8.42. The molecule has 3 heteroatoms. The minimum atomic E-state index is 0.296. The van der Waals surface area contributed by atoms with Crippen LogP contribution in [0.1, 0.15) is 11.1 Å². The fourth-order valence-corrected chi connectivity index (χ4v) is 1.71. The molecule has 0 atom stereocenters. The van der Waals surface area contributed by atoms with Gasteiger partial charge in [-0.1, -0.05) is 23.8 Å². The topological polar surface area (TPSA) is 41.6 Å². The zero-order valence-corrected chi connectivity index (χ0v) is 9.44. The zero-order valence-electron chi connectivity index (χ0n) is 9.44. The molecule has 1 aromatic carbocycles. The van der Waals surface area contributed by atoms with E-state index in [1.165, 1.54) is 16.7 Å². The van der Waals surface area contributed by atoms with Crippen molar-refractivity contribution in [1.82, 2.24) is 9.78 Å². The first-order chi connectivity index (χ1) is 7.70. The molecule has 1 aromatic heterocycles. The molecular formula is C13H13N3. The Kier molecular flexibility index (Phi) is 2.74. The Bertz CT molecular complexity index is 547. The Balaban J connectivity index is 2.42. The molecule has 0 bridgehead atoms. The van der Waals surface area contributed by atoms with Crippen molar-refractivity contribution in [3.8, 4) is 17.2 Å². The van der Waals surface area contributed by atoms with Crippen molar-refractivity contribution < 1.29 is 0 Å². The van der Waals surface area contributed by atoms with Crippen LogP contribution in [0.3, 0.4) is 0 Å². The molecule has 0 aliphatic carbocycles. The SMILES string of the molecule is Cc1ccc(C)c(-c2cnn(CC#N)c2)c1. The van der Waals surface area contributed by atoms with Gasteiger partial charge in [-0.05, 0) is 25.0 Å². The Hall–Kier alpha value is -2.08. The van der Waals surface area contributed by atoms with E-state index in [0.29, 0.717) is 6.54 Å². The Morgan fingerprint density at radius 1 is 1.38 bits per heavy atom. The third-order valence-electron chi connectivity index (χ3n) is 2.57. The minimum absolute atomic E-state index is 0.296. The summed E-state index contributed by atoms with van der Waals surface area (Å²) in [6.07, 6.45) is 3.71. The Morgan fingerprint density at radius 3 is 2.94 bits per heavy atom. The highest BCUT2D eigenvalue weighted by molar-refractivity contribution is 5.66. The highest BCUT2D eigenvalue weighted by Gasteiger charge is 2.04. The molecule has 0 spiro atoms. The number of aryl methyl sites for hydroxylation is 2. The van der Waals surface area contributed by atoms with Crippen LogP contribution < -0.4 is 0 Å². The van der Waals surface area contributed by atoms with Crippen molar-refractivity contribution >= 4 is 0 Å². The second-order valence-electron chi connectivity index (χ2n) is 3.90. The van der Waals surface area contributed by atoms with Gasteiger partial charge in [0.05, 0.1) is 12.3 Å². The van der Waals surface area contributed by atoms with Crippen molar-refractivity contribution in [3.05, 3.63) is 41.7 Å². The normalized spacial score (nSPS) is 10.1. The largest absolute Gasteiger partial charge is 0.258 e. The van der Waals surface area contributed by atoms with Crippen molar-refractivity contribution in [1.29, 1.82) is 5.26 Å². The van der Waals surface area contributed by atoms with Crippen LogP contribution in [0.2, 0.25) is 0 Å². The van der Waals surface area contributed by atoms with Gasteiger partial charge in [0.2, 0.25) is 0 Å². The van der Waals surface area contributed by atoms with Crippen LogP contribution in [0.15, 0.2) is 30.6 Å². The van der Waals surface area contributed by atoms with E-state index in [2.05, 4.69) is 43.2 Å². The van der Waals surface area contributed by atoms with Gasteiger partial charge in [-0.25, -0.2) is 0 Å². The molecule has 0 unspecified atom stereocenters. The first-order valence-electron chi connectivity index (χ1n) is 5.18. The van der Waals surface area contributed by atoms with Gasteiger partial charge in [-0.15, -0.1) is 0 Å². The number of nitriles is 1. The standard InChI is InChI=1S/C13H13N3/c1-10-3-4-11(2)13(7-10)12-8-15-16(9-12)6-5-14/h3-4,7-9H,6H2,1-2H3. The second kappa shape index (κ2) is 4.19. The molecule has 2 aromatic rings. The first-order valence-corrected chi connectivity index (χ1v) is 5.18. The number of rotatable bonds is 2. The van der Waals surface area contributed by atoms with Gasteiger partial charge < -0.3 is 0 Å². The first kappa shape index (κ1) is 10.4. The summed E-state index contributed by atoms with van der Waals surface area (Å²) in [6.45, 7) is 4.45. The van der Waals surface area contributed by atoms with Gasteiger partial charge in [-0.3, -0.25) is 4.68 Å². The van der Waals surface area contributed by atoms with E-state index >= 15 is 0 Å². The van der Waals surface area contributed by atoms with Crippen LogP contribution in [-0.2, 0) is 6.54 Å². The fourth-order valence-electron chi connectivity index (χ4n) is 1.71. The fraction of sp³-hybridized carbons (Fsp3) is 0.231. The van der Waals surface area contributed by atoms with Gasteiger partial charge in [0.15, 0.2) is 0 Å². The maximum absolute atomic E-state index is 8.59. The van der Waals surface area contributed by atoms with Gasteiger partial charge in [0, 0.05) is 11.8 Å². The smallest absolute Gasteiger partial charge is 0.128 e. The van der Waals surface area contributed by atoms with Crippen molar-refractivity contribution in [3.63, 3.8) is 0 Å². The monoisotopic (exact) mass is 211 g/mol. The van der Waals surface area contributed by atoms with Crippen molar-refractivity contribution in [2.75, 3.05) is 0 Å². The van der Waals surface area contributed by atoms with E-state index in [9.17, 15) is 0 Å². The number of hydrogen-bond donors (Lipinski definition) is 0. The molecular weight excluding hydrogens is 198 g/mol. The zero-order chi connectivity index (χ0) is 11.5.